The van der Waals surface area contributed by atoms with Crippen molar-refractivity contribution < 1.29 is 74.4 Å². The van der Waals surface area contributed by atoms with Crippen LogP contribution < -0.4 is 29.9 Å². The van der Waals surface area contributed by atoms with Crippen LogP contribution in [0.1, 0.15) is 40.5 Å². The molecule has 0 spiro atoms. The summed E-state index contributed by atoms with van der Waals surface area (Å²) >= 11 is 0. The zero-order valence-electron chi connectivity index (χ0n) is 20.5. The van der Waals surface area contributed by atoms with Crippen molar-refractivity contribution in [3.63, 3.8) is 0 Å². The molecule has 0 fully saturated rings. The minimum Gasteiger partial charge on any atom is -0.481 e. The van der Waals surface area contributed by atoms with E-state index in [1.54, 1.807) is 0 Å². The van der Waals surface area contributed by atoms with Crippen molar-refractivity contribution in [1.29, 1.82) is 0 Å². The molecule has 0 unspecified atom stereocenters. The molecular formula is C16H41N5O15. The van der Waals surface area contributed by atoms with Crippen molar-refractivity contribution in [1.82, 2.24) is 18.5 Å². The van der Waals surface area contributed by atoms with E-state index in [1.165, 1.54) is 0 Å². The lowest BCUT2D eigenvalue weighted by molar-refractivity contribution is -0.170. The van der Waals surface area contributed by atoms with Gasteiger partial charge < -0.3 is 70.8 Å². The molecule has 0 aliphatic heterocycles. The standard InChI is InChI=1S/C6H8O7.C2H8N2.4C2H4O2.3H3N/c7-3(8)1-6(13,5(11)12)2-4(9)10;3-1-2-4;4*1-2(3)4;;;/h13H,1-2H2,(H,7,8)(H,9,10)(H,11,12);1-4H2;4*1H3,(H,3,4);3*1H3. The fourth-order valence-corrected chi connectivity index (χ4v) is 0.714. The summed E-state index contributed by atoms with van der Waals surface area (Å²) < 4.78 is 0. The fourth-order valence-electron chi connectivity index (χ4n) is 0.714. The van der Waals surface area contributed by atoms with Gasteiger partial charge in [-0.2, -0.15) is 0 Å². The van der Waals surface area contributed by atoms with E-state index >= 15 is 0 Å². The number of aliphatic carboxylic acids is 7. The lowest BCUT2D eigenvalue weighted by atomic mass is 9.96. The molecule has 21 N–H and O–H groups in total. The van der Waals surface area contributed by atoms with Gasteiger partial charge in [0.15, 0.2) is 5.60 Å². The largest absolute Gasteiger partial charge is 0.481 e. The molecule has 0 aromatic heterocycles. The molecule has 0 aromatic carbocycles. The summed E-state index contributed by atoms with van der Waals surface area (Å²) in [7, 11) is 0. The molecule has 0 aliphatic rings. The maximum atomic E-state index is 10.3. The zero-order valence-corrected chi connectivity index (χ0v) is 20.5. The van der Waals surface area contributed by atoms with E-state index in [0.717, 1.165) is 27.7 Å². The molecular weight excluding hydrogens is 502 g/mol. The molecule has 20 heteroatoms. The predicted molar refractivity (Wildman–Crippen MR) is 124 cm³/mol. The van der Waals surface area contributed by atoms with Gasteiger partial charge >= 0.3 is 17.9 Å². The number of aliphatic hydroxyl groups is 1. The van der Waals surface area contributed by atoms with E-state index in [0.29, 0.717) is 13.1 Å². The highest BCUT2D eigenvalue weighted by Crippen LogP contribution is 2.15. The van der Waals surface area contributed by atoms with E-state index in [2.05, 4.69) is 0 Å². The van der Waals surface area contributed by atoms with Crippen molar-refractivity contribution in [2.24, 2.45) is 11.5 Å². The number of hydrogen-bond donors (Lipinski definition) is 13. The third-order valence-electron chi connectivity index (χ3n) is 1.45. The molecule has 0 saturated heterocycles. The number of hydrogen-bond acceptors (Lipinski definition) is 13. The van der Waals surface area contributed by atoms with Crippen LogP contribution in [-0.4, -0.2) is 101 Å². The molecule has 220 valence electrons. The molecule has 0 amide bonds. The van der Waals surface area contributed by atoms with Crippen molar-refractivity contribution in [2.45, 2.75) is 46.1 Å². The molecule has 0 aliphatic carbocycles. The highest BCUT2D eigenvalue weighted by molar-refractivity contribution is 5.88. The Labute approximate surface area is 206 Å². The topological polar surface area (TPSA) is 438 Å². The van der Waals surface area contributed by atoms with Gasteiger partial charge in [-0.25, -0.2) is 4.79 Å². The minimum absolute atomic E-state index is 0. The van der Waals surface area contributed by atoms with Gasteiger partial charge in [-0.05, 0) is 0 Å². The van der Waals surface area contributed by atoms with Gasteiger partial charge in [-0.3, -0.25) is 28.8 Å². The summed E-state index contributed by atoms with van der Waals surface area (Å²) in [5.74, 6) is -8.35. The summed E-state index contributed by atoms with van der Waals surface area (Å²) in [4.78, 5) is 66.5. The van der Waals surface area contributed by atoms with Crippen molar-refractivity contribution in [2.75, 3.05) is 13.1 Å². The SMILES string of the molecule is CC(=O)O.CC(=O)O.CC(=O)O.CC(=O)O.N.N.N.NCCN.O=C(O)CC(O)(CC(=O)O)C(=O)O. The van der Waals surface area contributed by atoms with Gasteiger partial charge in [0.2, 0.25) is 0 Å². The van der Waals surface area contributed by atoms with Crippen LogP contribution in [0, 0.1) is 0 Å². The molecule has 0 bridgehead atoms. The lowest BCUT2D eigenvalue weighted by Gasteiger charge is -2.18. The Kier molecular flexibility index (Phi) is 61.9. The Morgan fingerprint density at radius 1 is 0.528 bits per heavy atom. The van der Waals surface area contributed by atoms with Gasteiger partial charge in [0.25, 0.3) is 23.9 Å². The van der Waals surface area contributed by atoms with Crippen molar-refractivity contribution in [3.05, 3.63) is 0 Å². The molecule has 20 nitrogen and oxygen atoms in total. The van der Waals surface area contributed by atoms with Crippen LogP contribution in [-0.2, 0) is 33.6 Å². The van der Waals surface area contributed by atoms with E-state index in [4.69, 9.17) is 71.5 Å². The number of carboxylic acid groups (broad SMARTS) is 7. The molecule has 0 rings (SSSR count). The van der Waals surface area contributed by atoms with E-state index in [-0.39, 0.29) is 18.5 Å². The quantitative estimate of drug-likeness (QED) is 0.181. The summed E-state index contributed by atoms with van der Waals surface area (Å²) in [6, 6.07) is 0. The average Bonchev–Trinajstić information content (AvgIpc) is 2.51. The van der Waals surface area contributed by atoms with Crippen LogP contribution in [0.4, 0.5) is 0 Å². The minimum atomic E-state index is -2.74. The second-order valence-corrected chi connectivity index (χ2v) is 5.13. The average molecular weight is 544 g/mol. The first-order chi connectivity index (χ1) is 14.6. The Morgan fingerprint density at radius 3 is 0.722 bits per heavy atom. The molecule has 0 aromatic rings. The van der Waals surface area contributed by atoms with Gasteiger partial charge in [-0.1, -0.05) is 0 Å². The van der Waals surface area contributed by atoms with Crippen LogP contribution >= 0.6 is 0 Å². The van der Waals surface area contributed by atoms with Crippen LogP contribution in [0.25, 0.3) is 0 Å². The predicted octanol–water partition coefficient (Wildman–Crippen LogP) is -1.50. The fraction of sp³-hybridized carbons (Fsp3) is 0.562. The van der Waals surface area contributed by atoms with Gasteiger partial charge in [0.1, 0.15) is 0 Å². The first-order valence-corrected chi connectivity index (χ1v) is 8.20. The molecule has 0 atom stereocenters. The number of rotatable bonds is 6. The van der Waals surface area contributed by atoms with Crippen molar-refractivity contribution in [3.8, 4) is 0 Å². The van der Waals surface area contributed by atoms with Crippen LogP contribution in [0.5, 0.6) is 0 Å². The molecule has 0 saturated carbocycles. The van der Waals surface area contributed by atoms with Gasteiger partial charge in [-0.15, -0.1) is 0 Å². The smallest absolute Gasteiger partial charge is 0.336 e. The molecule has 0 radical (unpaired) electrons. The van der Waals surface area contributed by atoms with Crippen molar-refractivity contribution >= 4 is 41.8 Å². The van der Waals surface area contributed by atoms with E-state index in [9.17, 15) is 14.4 Å². The highest BCUT2D eigenvalue weighted by Gasteiger charge is 2.40. The molecule has 36 heavy (non-hydrogen) atoms. The van der Waals surface area contributed by atoms with Crippen LogP contribution in [0.2, 0.25) is 0 Å². The van der Waals surface area contributed by atoms with E-state index in [1.807, 2.05) is 0 Å². The third kappa shape index (κ3) is 149. The Balaban J connectivity index is -0.0000000382. The summed E-state index contributed by atoms with van der Waals surface area (Å²) in [6.45, 7) is 5.53. The van der Waals surface area contributed by atoms with E-state index < -0.39 is 60.2 Å². The second kappa shape index (κ2) is 38.3. The zero-order chi connectivity index (χ0) is 28.4. The van der Waals surface area contributed by atoms with Gasteiger partial charge in [0.05, 0.1) is 12.8 Å². The summed E-state index contributed by atoms with van der Waals surface area (Å²) in [6.07, 6.45) is -2.29. The Morgan fingerprint density at radius 2 is 0.667 bits per heavy atom. The Bertz CT molecular complexity index is 533. The summed E-state index contributed by atoms with van der Waals surface area (Å²) in [5, 5.41) is 63.5. The number of carboxylic acids is 7. The number of carbonyl (C=O) groups is 7. The maximum absolute atomic E-state index is 10.3. The lowest BCUT2D eigenvalue weighted by Crippen LogP contribution is -2.42. The summed E-state index contributed by atoms with van der Waals surface area (Å²) in [5.41, 5.74) is 7.07. The second-order valence-electron chi connectivity index (χ2n) is 5.13. The normalized spacial score (nSPS) is 7.53. The first kappa shape index (κ1) is 58.2. The Hall–Kier alpha value is -3.95. The number of nitrogens with two attached hydrogens (primary N) is 2. The monoisotopic (exact) mass is 543 g/mol. The maximum Gasteiger partial charge on any atom is 0.336 e. The van der Waals surface area contributed by atoms with Gasteiger partial charge in [0, 0.05) is 40.8 Å². The third-order valence-corrected chi connectivity index (χ3v) is 1.45. The van der Waals surface area contributed by atoms with Crippen LogP contribution in [0.3, 0.4) is 0 Å². The first-order valence-electron chi connectivity index (χ1n) is 8.20. The highest BCUT2D eigenvalue weighted by atomic mass is 16.4. The molecule has 0 heterocycles. The van der Waals surface area contributed by atoms with Crippen LogP contribution in [0.15, 0.2) is 0 Å².